The van der Waals surface area contributed by atoms with E-state index >= 15 is 0 Å². The molecule has 4 nitrogen and oxygen atoms in total. The van der Waals surface area contributed by atoms with Crippen LogP contribution in [0.2, 0.25) is 10.0 Å². The summed E-state index contributed by atoms with van der Waals surface area (Å²) in [5.74, 6) is -0.724. The molecule has 2 aromatic heterocycles. The second kappa shape index (κ2) is 8.12. The van der Waals surface area contributed by atoms with Crippen molar-refractivity contribution in [1.82, 2.24) is 4.57 Å². The largest absolute Gasteiger partial charge is 0.479 e. The summed E-state index contributed by atoms with van der Waals surface area (Å²) < 4.78 is 2.82. The summed E-state index contributed by atoms with van der Waals surface area (Å²) in [6.45, 7) is 0. The van der Waals surface area contributed by atoms with E-state index in [4.69, 9.17) is 23.2 Å². The molecule has 8 heteroatoms. The van der Waals surface area contributed by atoms with Gasteiger partial charge in [0.15, 0.2) is 5.54 Å². The van der Waals surface area contributed by atoms with Crippen molar-refractivity contribution in [1.29, 1.82) is 0 Å². The molecule has 2 aliphatic carbocycles. The van der Waals surface area contributed by atoms with Gasteiger partial charge in [0.1, 0.15) is 0 Å². The van der Waals surface area contributed by atoms with Crippen LogP contribution in [0.1, 0.15) is 52.7 Å². The Morgan fingerprint density at radius 3 is 2.50 bits per heavy atom. The first kappa shape index (κ1) is 22.9. The third kappa shape index (κ3) is 3.21. The SMILES string of the molecule is O=C(O)C12C[C@@H](c3c(Cl)cccc3Cl)C1Sc1c(C3CC3)c(Cc3cc4ccccc4s3)cc(=O)n12. The van der Waals surface area contributed by atoms with Crippen LogP contribution in [0.5, 0.6) is 0 Å². The fourth-order valence-corrected chi connectivity index (χ4v) is 9.76. The highest BCUT2D eigenvalue weighted by molar-refractivity contribution is 8.00. The number of halogens is 2. The van der Waals surface area contributed by atoms with Crippen LogP contribution in [0.3, 0.4) is 0 Å². The molecule has 3 atom stereocenters. The number of pyridine rings is 1. The van der Waals surface area contributed by atoms with Gasteiger partial charge >= 0.3 is 5.97 Å². The smallest absolute Gasteiger partial charge is 0.331 e. The van der Waals surface area contributed by atoms with Crippen molar-refractivity contribution >= 4 is 62.4 Å². The maximum absolute atomic E-state index is 13.6. The van der Waals surface area contributed by atoms with Gasteiger partial charge in [0.05, 0.1) is 10.3 Å². The molecule has 0 amide bonds. The lowest BCUT2D eigenvalue weighted by atomic mass is 9.64. The minimum Gasteiger partial charge on any atom is -0.479 e. The molecule has 1 aliphatic heterocycles. The molecule has 36 heavy (non-hydrogen) atoms. The van der Waals surface area contributed by atoms with Gasteiger partial charge in [0.25, 0.3) is 5.56 Å². The van der Waals surface area contributed by atoms with Gasteiger partial charge in [0, 0.05) is 38.0 Å². The van der Waals surface area contributed by atoms with Gasteiger partial charge in [-0.3, -0.25) is 9.36 Å². The maximum atomic E-state index is 13.6. The molecule has 182 valence electrons. The number of aliphatic carboxylic acids is 1. The van der Waals surface area contributed by atoms with Crippen LogP contribution in [-0.4, -0.2) is 20.9 Å². The lowest BCUT2D eigenvalue weighted by Gasteiger charge is -2.48. The van der Waals surface area contributed by atoms with E-state index in [1.165, 1.54) is 15.0 Å². The van der Waals surface area contributed by atoms with E-state index in [1.54, 1.807) is 51.9 Å². The zero-order valence-electron chi connectivity index (χ0n) is 19.0. The van der Waals surface area contributed by atoms with E-state index in [0.29, 0.717) is 28.8 Å². The Balaban J connectivity index is 1.35. The van der Waals surface area contributed by atoms with Crippen molar-refractivity contribution in [2.75, 3.05) is 0 Å². The van der Waals surface area contributed by atoms with E-state index < -0.39 is 11.5 Å². The van der Waals surface area contributed by atoms with E-state index in [9.17, 15) is 14.7 Å². The number of benzene rings is 2. The predicted octanol–water partition coefficient (Wildman–Crippen LogP) is 7.28. The molecular weight excluding hydrogens is 533 g/mol. The van der Waals surface area contributed by atoms with E-state index in [0.717, 1.165) is 34.6 Å². The number of hydrogen-bond donors (Lipinski definition) is 1. The van der Waals surface area contributed by atoms with Crippen LogP contribution in [0.4, 0.5) is 0 Å². The Bertz CT molecular complexity index is 1590. The number of thioether (sulfide) groups is 1. The number of nitrogens with zero attached hydrogens (tertiary/aromatic N) is 1. The second-order valence-corrected chi connectivity index (χ2v) is 13.1. The first-order valence-electron chi connectivity index (χ1n) is 12.0. The van der Waals surface area contributed by atoms with Crippen molar-refractivity contribution in [2.45, 2.75) is 53.3 Å². The summed E-state index contributed by atoms with van der Waals surface area (Å²) in [5, 5.41) is 13.3. The van der Waals surface area contributed by atoms with Crippen LogP contribution >= 0.6 is 46.3 Å². The van der Waals surface area contributed by atoms with Crippen molar-refractivity contribution in [3.8, 4) is 0 Å². The van der Waals surface area contributed by atoms with Crippen LogP contribution in [0, 0.1) is 0 Å². The van der Waals surface area contributed by atoms with Gasteiger partial charge in [-0.15, -0.1) is 23.1 Å². The molecule has 3 aliphatic rings. The van der Waals surface area contributed by atoms with Crippen LogP contribution < -0.4 is 5.56 Å². The Labute approximate surface area is 225 Å². The third-order valence-corrected chi connectivity index (χ3v) is 11.2. The zero-order valence-corrected chi connectivity index (χ0v) is 22.2. The number of fused-ring (bicyclic) bond motifs is 4. The monoisotopic (exact) mass is 553 g/mol. The molecular formula is C28H21Cl2NO3S2. The highest BCUT2D eigenvalue weighted by Crippen LogP contribution is 2.65. The minimum absolute atomic E-state index is 0.135. The molecule has 0 bridgehead atoms. The molecule has 2 aromatic carbocycles. The highest BCUT2D eigenvalue weighted by atomic mass is 35.5. The van der Waals surface area contributed by atoms with Crippen molar-refractivity contribution in [3.63, 3.8) is 0 Å². The van der Waals surface area contributed by atoms with E-state index in [2.05, 4.69) is 18.2 Å². The Kier molecular flexibility index (Phi) is 5.17. The number of aromatic nitrogens is 1. The van der Waals surface area contributed by atoms with Crippen molar-refractivity contribution < 1.29 is 9.90 Å². The van der Waals surface area contributed by atoms with Gasteiger partial charge in [-0.2, -0.15) is 0 Å². The van der Waals surface area contributed by atoms with Crippen LogP contribution in [0.15, 0.2) is 64.4 Å². The van der Waals surface area contributed by atoms with Gasteiger partial charge in [-0.25, -0.2) is 4.79 Å². The Hall–Kier alpha value is -2.25. The summed E-state index contributed by atoms with van der Waals surface area (Å²) >= 11 is 16.3. The normalized spacial score (nSPS) is 24.4. The number of rotatable bonds is 5. The lowest BCUT2D eigenvalue weighted by Crippen LogP contribution is -2.61. The molecule has 4 aromatic rings. The maximum Gasteiger partial charge on any atom is 0.331 e. The minimum atomic E-state index is -1.27. The van der Waals surface area contributed by atoms with Gasteiger partial charge in [0.2, 0.25) is 0 Å². The van der Waals surface area contributed by atoms with Crippen LogP contribution in [0.25, 0.3) is 10.1 Å². The zero-order chi connectivity index (χ0) is 24.8. The molecule has 2 unspecified atom stereocenters. The average Bonchev–Trinajstić information content (AvgIpc) is 3.51. The average molecular weight is 555 g/mol. The summed E-state index contributed by atoms with van der Waals surface area (Å²) in [5.41, 5.74) is 1.48. The topological polar surface area (TPSA) is 59.3 Å². The number of carboxylic acid groups (broad SMARTS) is 1. The third-order valence-electron chi connectivity index (χ3n) is 7.87. The first-order chi connectivity index (χ1) is 17.4. The molecule has 0 spiro atoms. The summed E-state index contributed by atoms with van der Waals surface area (Å²) in [6.07, 6.45) is 3.11. The fourth-order valence-electron chi connectivity index (χ4n) is 6.08. The van der Waals surface area contributed by atoms with Gasteiger partial charge in [-0.1, -0.05) is 47.5 Å². The number of carbonyl (C=O) groups is 1. The lowest BCUT2D eigenvalue weighted by molar-refractivity contribution is -0.153. The second-order valence-electron chi connectivity index (χ2n) is 9.98. The Morgan fingerprint density at radius 1 is 1.06 bits per heavy atom. The van der Waals surface area contributed by atoms with Gasteiger partial charge in [-0.05, 0) is 71.5 Å². The standard InChI is InChI=1S/C28H21Cl2NO3S2/c29-19-5-3-6-20(30)24(19)18-13-28(27(33)34)25(18)36-26-23(14-8-9-14)16(12-22(32)31(26)28)11-17-10-15-4-1-2-7-21(15)35-17/h1-7,10,12,14,18,25H,8-9,11,13H2,(H,33,34)/t18-,25?,28?/m0/s1. The predicted molar refractivity (Wildman–Crippen MR) is 146 cm³/mol. The molecule has 2 saturated carbocycles. The number of thiophene rings is 1. The first-order valence-corrected chi connectivity index (χ1v) is 14.4. The van der Waals surface area contributed by atoms with Crippen molar-refractivity contribution in [2.24, 2.45) is 0 Å². The fraction of sp³-hybridized carbons (Fsp3) is 0.286. The summed E-state index contributed by atoms with van der Waals surface area (Å²) in [7, 11) is 0. The molecule has 0 radical (unpaired) electrons. The van der Waals surface area contributed by atoms with Crippen molar-refractivity contribution in [3.05, 3.63) is 96.6 Å². The molecule has 3 heterocycles. The number of hydrogen-bond acceptors (Lipinski definition) is 4. The molecule has 1 N–H and O–H groups in total. The van der Waals surface area contributed by atoms with E-state index in [1.807, 2.05) is 12.1 Å². The molecule has 7 rings (SSSR count). The summed E-state index contributed by atoms with van der Waals surface area (Å²) in [6, 6.07) is 17.6. The number of carboxylic acids is 1. The summed E-state index contributed by atoms with van der Waals surface area (Å²) in [4.78, 5) is 27.6. The molecule has 2 fully saturated rings. The quantitative estimate of drug-likeness (QED) is 0.282. The van der Waals surface area contributed by atoms with E-state index in [-0.39, 0.29) is 16.7 Å². The van der Waals surface area contributed by atoms with Gasteiger partial charge < -0.3 is 5.11 Å². The Morgan fingerprint density at radius 2 is 1.81 bits per heavy atom. The highest BCUT2D eigenvalue weighted by Gasteiger charge is 2.67. The van der Waals surface area contributed by atoms with Crippen LogP contribution in [-0.2, 0) is 16.8 Å². The molecule has 0 saturated heterocycles.